The van der Waals surface area contributed by atoms with Gasteiger partial charge in [-0.1, -0.05) is 11.8 Å². The van der Waals surface area contributed by atoms with Crippen molar-refractivity contribution in [1.82, 2.24) is 9.78 Å². The number of methoxy groups -OCH3 is 1. The summed E-state index contributed by atoms with van der Waals surface area (Å²) in [5, 5.41) is 6.93. The highest BCUT2D eigenvalue weighted by Gasteiger charge is 2.10. The highest BCUT2D eigenvalue weighted by molar-refractivity contribution is 7.14. The van der Waals surface area contributed by atoms with Gasteiger partial charge in [0.1, 0.15) is 0 Å². The lowest BCUT2D eigenvalue weighted by Crippen LogP contribution is -2.09. The van der Waals surface area contributed by atoms with E-state index in [2.05, 4.69) is 22.3 Å². The van der Waals surface area contributed by atoms with E-state index in [0.717, 1.165) is 4.88 Å². The highest BCUT2D eigenvalue weighted by Crippen LogP contribution is 2.17. The molecule has 1 amide bonds. The van der Waals surface area contributed by atoms with Crippen LogP contribution in [-0.4, -0.2) is 35.9 Å². The quantitative estimate of drug-likeness (QED) is 0.812. The third-order valence-corrected chi connectivity index (χ3v) is 3.56. The van der Waals surface area contributed by atoms with E-state index in [-0.39, 0.29) is 5.91 Å². The molecule has 3 N–H and O–H groups in total. The molecule has 110 valence electrons. The molecular formula is C14H16N4O2S. The molecule has 0 bridgehead atoms. The molecule has 0 spiro atoms. The van der Waals surface area contributed by atoms with Crippen LogP contribution in [0.15, 0.2) is 24.5 Å². The van der Waals surface area contributed by atoms with E-state index in [1.807, 2.05) is 6.07 Å². The van der Waals surface area contributed by atoms with E-state index in [0.29, 0.717) is 30.3 Å². The standard InChI is InChI=1S/C14H16N4O2S/c1-20-8-7-18-10-11(9-16-18)17-14(19)13-5-4-12(21-13)3-2-6-15/h4-5,9-10H,6-8,15H2,1H3,(H,17,19). The first-order valence-electron chi connectivity index (χ1n) is 6.34. The molecule has 0 fully saturated rings. The number of thiophene rings is 1. The van der Waals surface area contributed by atoms with Crippen LogP contribution in [0.1, 0.15) is 14.5 Å². The SMILES string of the molecule is COCCn1cc(NC(=O)c2ccc(C#CCN)s2)cn1. The predicted molar refractivity (Wildman–Crippen MR) is 82.3 cm³/mol. The molecule has 2 aromatic heterocycles. The molecule has 0 saturated carbocycles. The van der Waals surface area contributed by atoms with Gasteiger partial charge in [0.15, 0.2) is 0 Å². The molecule has 0 aromatic carbocycles. The second-order valence-electron chi connectivity index (χ2n) is 4.11. The second kappa shape index (κ2) is 7.59. The molecule has 0 aliphatic heterocycles. The molecular weight excluding hydrogens is 288 g/mol. The number of aromatic nitrogens is 2. The van der Waals surface area contributed by atoms with Gasteiger partial charge in [0.25, 0.3) is 5.91 Å². The summed E-state index contributed by atoms with van der Waals surface area (Å²) in [6.07, 6.45) is 3.37. The van der Waals surface area contributed by atoms with Crippen molar-refractivity contribution in [3.63, 3.8) is 0 Å². The van der Waals surface area contributed by atoms with E-state index in [9.17, 15) is 4.79 Å². The van der Waals surface area contributed by atoms with Gasteiger partial charge in [-0.25, -0.2) is 0 Å². The van der Waals surface area contributed by atoms with Crippen molar-refractivity contribution in [3.8, 4) is 11.8 Å². The van der Waals surface area contributed by atoms with Gasteiger partial charge < -0.3 is 15.8 Å². The topological polar surface area (TPSA) is 82.2 Å². The van der Waals surface area contributed by atoms with Crippen molar-refractivity contribution in [2.75, 3.05) is 25.6 Å². The fourth-order valence-corrected chi connectivity index (χ4v) is 2.37. The maximum Gasteiger partial charge on any atom is 0.265 e. The minimum Gasteiger partial charge on any atom is -0.383 e. The summed E-state index contributed by atoms with van der Waals surface area (Å²) >= 11 is 1.33. The van der Waals surface area contributed by atoms with Gasteiger partial charge in [-0.15, -0.1) is 11.3 Å². The molecule has 0 aliphatic carbocycles. The van der Waals surface area contributed by atoms with Crippen LogP contribution in [0.25, 0.3) is 0 Å². The van der Waals surface area contributed by atoms with Gasteiger partial charge >= 0.3 is 0 Å². The predicted octanol–water partition coefficient (Wildman–Crippen LogP) is 1.15. The fourth-order valence-electron chi connectivity index (χ4n) is 1.59. The third kappa shape index (κ3) is 4.43. The van der Waals surface area contributed by atoms with E-state index >= 15 is 0 Å². The number of rotatable bonds is 5. The van der Waals surface area contributed by atoms with E-state index < -0.39 is 0 Å². The van der Waals surface area contributed by atoms with Gasteiger partial charge in [-0.2, -0.15) is 5.10 Å². The van der Waals surface area contributed by atoms with Crippen molar-refractivity contribution in [2.24, 2.45) is 5.73 Å². The number of carbonyl (C=O) groups excluding carboxylic acids is 1. The zero-order valence-electron chi connectivity index (χ0n) is 11.6. The van der Waals surface area contributed by atoms with E-state index in [1.54, 1.807) is 30.3 Å². The zero-order chi connectivity index (χ0) is 15.1. The average molecular weight is 304 g/mol. The number of nitrogens with one attached hydrogen (secondary N) is 1. The third-order valence-electron chi connectivity index (χ3n) is 2.56. The Labute approximate surface area is 126 Å². The van der Waals surface area contributed by atoms with E-state index in [1.165, 1.54) is 11.3 Å². The smallest absolute Gasteiger partial charge is 0.265 e. The maximum absolute atomic E-state index is 12.1. The molecule has 0 radical (unpaired) electrons. The van der Waals surface area contributed by atoms with Crippen LogP contribution in [-0.2, 0) is 11.3 Å². The number of anilines is 1. The number of hydrogen-bond donors (Lipinski definition) is 2. The Morgan fingerprint density at radius 2 is 2.43 bits per heavy atom. The molecule has 0 saturated heterocycles. The number of nitrogens with two attached hydrogens (primary N) is 1. The number of carbonyl (C=O) groups is 1. The number of nitrogens with zero attached hydrogens (tertiary/aromatic N) is 2. The van der Waals surface area contributed by atoms with Crippen LogP contribution in [0, 0.1) is 11.8 Å². The molecule has 2 aromatic rings. The number of hydrogen-bond acceptors (Lipinski definition) is 5. The maximum atomic E-state index is 12.1. The van der Waals surface area contributed by atoms with E-state index in [4.69, 9.17) is 10.5 Å². The molecule has 2 rings (SSSR count). The average Bonchev–Trinajstić information content (AvgIpc) is 3.12. The Kier molecular flexibility index (Phi) is 5.51. The molecule has 2 heterocycles. The highest BCUT2D eigenvalue weighted by atomic mass is 32.1. The normalized spacial score (nSPS) is 10.0. The lowest BCUT2D eigenvalue weighted by atomic mass is 10.4. The summed E-state index contributed by atoms with van der Waals surface area (Å²) in [7, 11) is 1.63. The van der Waals surface area contributed by atoms with Crippen LogP contribution >= 0.6 is 11.3 Å². The van der Waals surface area contributed by atoms with Crippen molar-refractivity contribution in [2.45, 2.75) is 6.54 Å². The van der Waals surface area contributed by atoms with Crippen LogP contribution in [0.5, 0.6) is 0 Å². The molecule has 0 atom stereocenters. The van der Waals surface area contributed by atoms with Crippen LogP contribution in [0.3, 0.4) is 0 Å². The lowest BCUT2D eigenvalue weighted by Gasteiger charge is -2.00. The Balaban J connectivity index is 1.97. The lowest BCUT2D eigenvalue weighted by molar-refractivity contribution is 0.103. The largest absolute Gasteiger partial charge is 0.383 e. The van der Waals surface area contributed by atoms with Crippen molar-refractivity contribution in [3.05, 3.63) is 34.3 Å². The Hall–Kier alpha value is -2.14. The van der Waals surface area contributed by atoms with Gasteiger partial charge in [0, 0.05) is 13.3 Å². The molecule has 6 nitrogen and oxygen atoms in total. The van der Waals surface area contributed by atoms with Crippen LogP contribution < -0.4 is 11.1 Å². The Morgan fingerprint density at radius 1 is 1.57 bits per heavy atom. The molecule has 0 unspecified atom stereocenters. The Bertz CT molecular complexity index is 666. The molecule has 7 heteroatoms. The summed E-state index contributed by atoms with van der Waals surface area (Å²) < 4.78 is 6.69. The summed E-state index contributed by atoms with van der Waals surface area (Å²) in [6, 6.07) is 3.56. The number of ether oxygens (including phenoxy) is 1. The Morgan fingerprint density at radius 3 is 3.19 bits per heavy atom. The zero-order valence-corrected chi connectivity index (χ0v) is 12.4. The minimum atomic E-state index is -0.174. The summed E-state index contributed by atoms with van der Waals surface area (Å²) in [5.74, 6) is 5.49. The number of amides is 1. The van der Waals surface area contributed by atoms with Crippen molar-refractivity contribution in [1.29, 1.82) is 0 Å². The first-order valence-corrected chi connectivity index (χ1v) is 7.16. The summed E-state index contributed by atoms with van der Waals surface area (Å²) in [6.45, 7) is 1.52. The van der Waals surface area contributed by atoms with Crippen LogP contribution in [0.4, 0.5) is 5.69 Å². The van der Waals surface area contributed by atoms with Crippen molar-refractivity contribution < 1.29 is 9.53 Å². The fraction of sp³-hybridized carbons (Fsp3) is 0.286. The van der Waals surface area contributed by atoms with Gasteiger partial charge in [-0.3, -0.25) is 9.48 Å². The summed E-state index contributed by atoms with van der Waals surface area (Å²) in [5.41, 5.74) is 5.97. The van der Waals surface area contributed by atoms with Gasteiger partial charge in [0.2, 0.25) is 0 Å². The van der Waals surface area contributed by atoms with Gasteiger partial charge in [0.05, 0.1) is 41.3 Å². The second-order valence-corrected chi connectivity index (χ2v) is 5.19. The van der Waals surface area contributed by atoms with Gasteiger partial charge in [-0.05, 0) is 12.1 Å². The first-order chi connectivity index (χ1) is 10.2. The van der Waals surface area contributed by atoms with Crippen molar-refractivity contribution >= 4 is 22.9 Å². The van der Waals surface area contributed by atoms with Crippen LogP contribution in [0.2, 0.25) is 0 Å². The first kappa shape index (κ1) is 15.3. The summed E-state index contributed by atoms with van der Waals surface area (Å²) in [4.78, 5) is 13.5. The minimum absolute atomic E-state index is 0.174. The molecule has 21 heavy (non-hydrogen) atoms. The monoisotopic (exact) mass is 304 g/mol. The molecule has 0 aliphatic rings.